The number of pyridine rings is 1. The molecule has 0 aliphatic heterocycles. The number of sulfonamides is 1. The fourth-order valence-electron chi connectivity index (χ4n) is 1.72. The van der Waals surface area contributed by atoms with E-state index in [1.54, 1.807) is 25.1 Å². The summed E-state index contributed by atoms with van der Waals surface area (Å²) in [6.07, 6.45) is 2.61. The molecule has 0 bridgehead atoms. The molecule has 0 saturated heterocycles. The van der Waals surface area contributed by atoms with Crippen LogP contribution in [0.4, 0.5) is 11.4 Å². The number of hydrogen-bond donors (Lipinski definition) is 2. The minimum absolute atomic E-state index is 0.0440. The highest BCUT2D eigenvalue weighted by atomic mass is 35.5. The Morgan fingerprint density at radius 3 is 2.65 bits per heavy atom. The number of anilines is 2. The van der Waals surface area contributed by atoms with Crippen molar-refractivity contribution in [1.29, 1.82) is 0 Å². The van der Waals surface area contributed by atoms with E-state index in [9.17, 15) is 13.2 Å². The molecule has 1 aromatic carbocycles. The Labute approximate surface area is 143 Å². The van der Waals surface area contributed by atoms with Gasteiger partial charge in [-0.15, -0.1) is 0 Å². The smallest absolute Gasteiger partial charge is 0.267 e. The third kappa shape index (κ3) is 4.13. The van der Waals surface area contributed by atoms with Gasteiger partial charge in [-0.1, -0.05) is 36.2 Å². The van der Waals surface area contributed by atoms with Crippen LogP contribution in [0.2, 0.25) is 10.0 Å². The predicted octanol–water partition coefficient (Wildman–Crippen LogP) is 3.35. The van der Waals surface area contributed by atoms with Gasteiger partial charge in [-0.25, -0.2) is 13.1 Å². The Balaban J connectivity index is 2.42. The lowest BCUT2D eigenvalue weighted by Crippen LogP contribution is -2.30. The van der Waals surface area contributed by atoms with Crippen LogP contribution in [0.3, 0.4) is 0 Å². The Morgan fingerprint density at radius 2 is 1.96 bits per heavy atom. The third-order valence-corrected chi connectivity index (χ3v) is 5.08. The zero-order valence-electron chi connectivity index (χ0n) is 12.0. The molecule has 9 heteroatoms. The molecule has 1 amide bonds. The summed E-state index contributed by atoms with van der Waals surface area (Å²) in [5.41, 5.74) is 0.657. The molecule has 1 aromatic heterocycles. The molecule has 23 heavy (non-hydrogen) atoms. The summed E-state index contributed by atoms with van der Waals surface area (Å²) < 4.78 is 26.6. The fourth-order valence-corrected chi connectivity index (χ4v) is 3.23. The van der Waals surface area contributed by atoms with Crippen LogP contribution >= 0.6 is 23.2 Å². The number of nitrogens with one attached hydrogen (secondary N) is 2. The highest BCUT2D eigenvalue weighted by Gasteiger charge is 2.21. The Morgan fingerprint density at radius 1 is 1.22 bits per heavy atom. The highest BCUT2D eigenvalue weighted by Crippen LogP contribution is 2.33. The summed E-state index contributed by atoms with van der Waals surface area (Å²) in [5, 5.41) is 3.48. The van der Waals surface area contributed by atoms with Crippen molar-refractivity contribution in [3.05, 3.63) is 46.7 Å². The lowest BCUT2D eigenvalue weighted by atomic mass is 10.3. The second kappa shape index (κ2) is 7.16. The zero-order chi connectivity index (χ0) is 17.0. The number of amides is 1. The maximum atomic E-state index is 12.3. The van der Waals surface area contributed by atoms with Gasteiger partial charge in [0.1, 0.15) is 4.90 Å². The number of aromatic nitrogens is 1. The van der Waals surface area contributed by atoms with Crippen LogP contribution in [-0.2, 0) is 14.8 Å². The number of carbonyl (C=O) groups is 1. The lowest BCUT2D eigenvalue weighted by Gasteiger charge is -2.14. The van der Waals surface area contributed by atoms with E-state index in [-0.39, 0.29) is 22.0 Å². The van der Waals surface area contributed by atoms with Crippen LogP contribution in [0.1, 0.15) is 13.3 Å². The monoisotopic (exact) mass is 373 g/mol. The van der Waals surface area contributed by atoms with Gasteiger partial charge in [-0.2, -0.15) is 0 Å². The maximum absolute atomic E-state index is 12.3. The number of halogens is 2. The van der Waals surface area contributed by atoms with E-state index in [1.807, 2.05) is 4.72 Å². The van der Waals surface area contributed by atoms with Gasteiger partial charge in [-0.3, -0.25) is 9.78 Å². The lowest BCUT2D eigenvalue weighted by molar-refractivity contribution is -0.119. The largest absolute Gasteiger partial charge is 0.353 e. The van der Waals surface area contributed by atoms with Gasteiger partial charge < -0.3 is 5.32 Å². The van der Waals surface area contributed by atoms with Crippen LogP contribution < -0.4 is 10.0 Å². The zero-order valence-corrected chi connectivity index (χ0v) is 14.3. The first kappa shape index (κ1) is 17.5. The number of nitrogens with zero attached hydrogens (tertiary/aromatic N) is 1. The van der Waals surface area contributed by atoms with Crippen LogP contribution in [0.5, 0.6) is 0 Å². The first-order chi connectivity index (χ1) is 10.8. The van der Waals surface area contributed by atoms with Gasteiger partial charge in [0.25, 0.3) is 10.0 Å². The van der Waals surface area contributed by atoms with Gasteiger partial charge >= 0.3 is 0 Å². The van der Waals surface area contributed by atoms with Crippen molar-refractivity contribution < 1.29 is 13.2 Å². The molecule has 0 saturated carbocycles. The summed E-state index contributed by atoms with van der Waals surface area (Å²) in [4.78, 5) is 15.0. The first-order valence-electron chi connectivity index (χ1n) is 6.56. The van der Waals surface area contributed by atoms with Crippen LogP contribution in [-0.4, -0.2) is 19.3 Å². The molecule has 1 heterocycles. The SMILES string of the molecule is CCC(=O)NS(=O)(=O)c1cnccc1Nc1cccc(Cl)c1Cl. The molecule has 2 rings (SSSR count). The second-order valence-corrected chi connectivity index (χ2v) is 6.92. The number of benzene rings is 1. The normalized spacial score (nSPS) is 11.1. The Hall–Kier alpha value is -1.83. The first-order valence-corrected chi connectivity index (χ1v) is 8.79. The van der Waals surface area contributed by atoms with Crippen LogP contribution in [0.25, 0.3) is 0 Å². The van der Waals surface area contributed by atoms with E-state index in [1.165, 1.54) is 12.3 Å². The highest BCUT2D eigenvalue weighted by molar-refractivity contribution is 7.90. The van der Waals surface area contributed by atoms with E-state index >= 15 is 0 Å². The van der Waals surface area contributed by atoms with Crippen molar-refractivity contribution in [1.82, 2.24) is 9.71 Å². The van der Waals surface area contributed by atoms with Crippen molar-refractivity contribution in [3.8, 4) is 0 Å². The molecule has 6 nitrogen and oxygen atoms in total. The summed E-state index contributed by atoms with van der Waals surface area (Å²) in [6, 6.07) is 6.39. The van der Waals surface area contributed by atoms with Crippen molar-refractivity contribution in [2.24, 2.45) is 0 Å². The molecule has 0 atom stereocenters. The predicted molar refractivity (Wildman–Crippen MR) is 89.6 cm³/mol. The van der Waals surface area contributed by atoms with E-state index in [4.69, 9.17) is 23.2 Å². The molecule has 0 aliphatic rings. The molecular formula is C14H13Cl2N3O3S. The van der Waals surface area contributed by atoms with Crippen LogP contribution in [0, 0.1) is 0 Å². The van der Waals surface area contributed by atoms with Gasteiger partial charge in [0, 0.05) is 18.8 Å². The average molecular weight is 374 g/mol. The van der Waals surface area contributed by atoms with Gasteiger partial charge in [-0.05, 0) is 18.2 Å². The molecular weight excluding hydrogens is 361 g/mol. The molecule has 0 fully saturated rings. The molecule has 2 N–H and O–H groups in total. The molecule has 0 unspecified atom stereocenters. The Bertz CT molecular complexity index is 841. The minimum Gasteiger partial charge on any atom is -0.353 e. The summed E-state index contributed by atoms with van der Waals surface area (Å²) in [6.45, 7) is 1.55. The number of carbonyl (C=O) groups excluding carboxylic acids is 1. The molecule has 2 aromatic rings. The summed E-state index contributed by atoms with van der Waals surface area (Å²) >= 11 is 12.0. The minimum atomic E-state index is -4.05. The van der Waals surface area contributed by atoms with E-state index in [0.29, 0.717) is 10.7 Å². The van der Waals surface area contributed by atoms with Crippen molar-refractivity contribution in [3.63, 3.8) is 0 Å². The molecule has 122 valence electrons. The number of hydrogen-bond acceptors (Lipinski definition) is 5. The third-order valence-electron chi connectivity index (χ3n) is 2.86. The fraction of sp³-hybridized carbons (Fsp3) is 0.143. The molecule has 0 radical (unpaired) electrons. The van der Waals surface area contributed by atoms with Gasteiger partial charge in [0.15, 0.2) is 0 Å². The van der Waals surface area contributed by atoms with Crippen molar-refractivity contribution in [2.75, 3.05) is 5.32 Å². The maximum Gasteiger partial charge on any atom is 0.267 e. The van der Waals surface area contributed by atoms with Crippen molar-refractivity contribution in [2.45, 2.75) is 18.2 Å². The molecule has 0 aliphatic carbocycles. The van der Waals surface area contributed by atoms with Crippen LogP contribution in [0.15, 0.2) is 41.6 Å². The topological polar surface area (TPSA) is 88.2 Å². The van der Waals surface area contributed by atoms with E-state index < -0.39 is 15.9 Å². The van der Waals surface area contributed by atoms with E-state index in [2.05, 4.69) is 10.3 Å². The average Bonchev–Trinajstić information content (AvgIpc) is 2.51. The van der Waals surface area contributed by atoms with E-state index in [0.717, 1.165) is 6.20 Å². The quantitative estimate of drug-likeness (QED) is 0.838. The summed E-state index contributed by atoms with van der Waals surface area (Å²) in [5.74, 6) is -0.611. The Kier molecular flexibility index (Phi) is 5.46. The van der Waals surface area contributed by atoms with Gasteiger partial charge in [0.05, 0.1) is 21.4 Å². The number of rotatable bonds is 5. The van der Waals surface area contributed by atoms with Crippen molar-refractivity contribution >= 4 is 50.5 Å². The molecule has 0 spiro atoms. The second-order valence-electron chi connectivity index (χ2n) is 4.48. The van der Waals surface area contributed by atoms with Gasteiger partial charge in [0.2, 0.25) is 5.91 Å². The summed E-state index contributed by atoms with van der Waals surface area (Å²) in [7, 11) is -4.05. The standard InChI is InChI=1S/C14H13Cl2N3O3S/c1-2-13(20)19-23(21,22)12-8-17-7-6-10(12)18-11-5-3-4-9(15)14(11)16/h3-8H,2H2,1H3,(H,17,18)(H,19,20).